The van der Waals surface area contributed by atoms with Crippen molar-refractivity contribution >= 4 is 5.91 Å². The van der Waals surface area contributed by atoms with Crippen LogP contribution in [0.25, 0.3) is 0 Å². The van der Waals surface area contributed by atoms with Crippen LogP contribution in [0.15, 0.2) is 24.3 Å². The van der Waals surface area contributed by atoms with Gasteiger partial charge in [0.15, 0.2) is 0 Å². The number of hydrogen-bond acceptors (Lipinski definition) is 1. The van der Waals surface area contributed by atoms with Crippen LogP contribution in [0.3, 0.4) is 0 Å². The summed E-state index contributed by atoms with van der Waals surface area (Å²) in [5, 5.41) is 2.93. The molecule has 0 saturated heterocycles. The molecule has 0 unspecified atom stereocenters. The molecule has 0 atom stereocenters. The second kappa shape index (κ2) is 8.09. The lowest BCUT2D eigenvalue weighted by Gasteiger charge is -2.08. The molecular weight excluding hydrogens is 236 g/mol. The maximum absolute atomic E-state index is 11.7. The van der Waals surface area contributed by atoms with E-state index in [2.05, 4.69) is 19.4 Å². The molecule has 96 valence electrons. The Morgan fingerprint density at radius 3 is 2.65 bits per heavy atom. The first-order chi connectivity index (χ1) is 7.59. The lowest BCUT2D eigenvalue weighted by atomic mass is 10.1. The van der Waals surface area contributed by atoms with Gasteiger partial charge >= 0.3 is 0 Å². The summed E-state index contributed by atoms with van der Waals surface area (Å²) in [6.07, 6.45) is 1.01. The molecule has 1 aromatic carbocycles. The molecule has 0 aromatic heterocycles. The number of benzene rings is 1. The Labute approximate surface area is 110 Å². The molecule has 0 fully saturated rings. The van der Waals surface area contributed by atoms with Gasteiger partial charge in [-0.25, -0.2) is 0 Å². The highest BCUT2D eigenvalue weighted by molar-refractivity contribution is 5.94. The van der Waals surface area contributed by atoms with Gasteiger partial charge in [0.25, 0.3) is 5.91 Å². The second-order valence-electron chi connectivity index (χ2n) is 4.44. The number of amides is 1. The number of quaternary nitrogens is 1. The van der Waals surface area contributed by atoms with E-state index in [9.17, 15) is 4.79 Å². The minimum atomic E-state index is 0. The third-order valence-electron chi connectivity index (χ3n) is 2.42. The molecule has 17 heavy (non-hydrogen) atoms. The van der Waals surface area contributed by atoms with Crippen molar-refractivity contribution in [1.29, 1.82) is 0 Å². The molecule has 1 aromatic rings. The van der Waals surface area contributed by atoms with Gasteiger partial charge in [0.1, 0.15) is 0 Å². The van der Waals surface area contributed by atoms with E-state index in [-0.39, 0.29) is 18.3 Å². The average molecular weight is 257 g/mol. The smallest absolute Gasteiger partial charge is 0.251 e. The van der Waals surface area contributed by atoms with E-state index in [0.717, 1.165) is 30.6 Å². The molecular formula is C13H21ClN2O. The summed E-state index contributed by atoms with van der Waals surface area (Å²) in [4.78, 5) is 13.1. The molecule has 0 aliphatic heterocycles. The topological polar surface area (TPSA) is 33.5 Å². The van der Waals surface area contributed by atoms with Crippen LogP contribution in [0.5, 0.6) is 0 Å². The van der Waals surface area contributed by atoms with Crippen molar-refractivity contribution < 1.29 is 22.1 Å². The maximum Gasteiger partial charge on any atom is 0.251 e. The van der Waals surface area contributed by atoms with E-state index in [1.165, 1.54) is 4.90 Å². The first-order valence-electron chi connectivity index (χ1n) is 5.73. The number of hydrogen-bond donors (Lipinski definition) is 2. The van der Waals surface area contributed by atoms with Crippen LogP contribution >= 0.6 is 0 Å². The highest BCUT2D eigenvalue weighted by Gasteiger charge is 2.04. The number of carbonyl (C=O) groups excluding carboxylic acids is 1. The molecule has 1 amide bonds. The first kappa shape index (κ1) is 15.9. The van der Waals surface area contributed by atoms with Crippen molar-refractivity contribution in [2.24, 2.45) is 0 Å². The van der Waals surface area contributed by atoms with Crippen LogP contribution in [-0.2, 0) is 0 Å². The molecule has 0 spiro atoms. The van der Waals surface area contributed by atoms with Gasteiger partial charge in [-0.1, -0.05) is 17.7 Å². The van der Waals surface area contributed by atoms with Crippen molar-refractivity contribution in [3.05, 3.63) is 35.4 Å². The third-order valence-corrected chi connectivity index (χ3v) is 2.42. The minimum absolute atomic E-state index is 0. The van der Waals surface area contributed by atoms with Crippen LogP contribution < -0.4 is 22.6 Å². The standard InChI is InChI=1S/C13H20N2O.ClH/c1-11-6-4-7-12(10-11)13(16)14-8-5-9-15(2)3;/h4,6-7,10H,5,8-9H2,1-3H3,(H,14,16);1H. The Kier molecular flexibility index (Phi) is 7.59. The summed E-state index contributed by atoms with van der Waals surface area (Å²) in [5.41, 5.74) is 1.86. The van der Waals surface area contributed by atoms with Gasteiger partial charge in [-0.15, -0.1) is 0 Å². The van der Waals surface area contributed by atoms with Gasteiger partial charge in [0.05, 0.1) is 20.6 Å². The number of halogens is 1. The number of aryl methyl sites for hydroxylation is 1. The summed E-state index contributed by atoms with van der Waals surface area (Å²) >= 11 is 0. The fraction of sp³-hybridized carbons (Fsp3) is 0.462. The van der Waals surface area contributed by atoms with Crippen LogP contribution in [0.4, 0.5) is 0 Å². The fourth-order valence-electron chi connectivity index (χ4n) is 1.53. The Morgan fingerprint density at radius 1 is 1.35 bits per heavy atom. The summed E-state index contributed by atoms with van der Waals surface area (Å²) in [6.45, 7) is 3.82. The predicted molar refractivity (Wildman–Crippen MR) is 65.8 cm³/mol. The summed E-state index contributed by atoms with van der Waals surface area (Å²) < 4.78 is 0. The number of carbonyl (C=O) groups is 1. The second-order valence-corrected chi connectivity index (χ2v) is 4.44. The average Bonchev–Trinajstić information content (AvgIpc) is 2.24. The normalized spacial score (nSPS) is 9.88. The van der Waals surface area contributed by atoms with Gasteiger partial charge < -0.3 is 22.6 Å². The molecule has 4 heteroatoms. The van der Waals surface area contributed by atoms with Gasteiger partial charge in [-0.2, -0.15) is 0 Å². The molecule has 0 aliphatic carbocycles. The van der Waals surface area contributed by atoms with Crippen LogP contribution in [0.1, 0.15) is 22.3 Å². The highest BCUT2D eigenvalue weighted by atomic mass is 35.5. The van der Waals surface area contributed by atoms with Crippen LogP contribution in [-0.4, -0.2) is 33.1 Å². The third kappa shape index (κ3) is 6.29. The molecule has 0 bridgehead atoms. The molecule has 0 heterocycles. The number of nitrogens with one attached hydrogen (secondary N) is 2. The summed E-state index contributed by atoms with van der Waals surface area (Å²) in [6, 6.07) is 7.66. The van der Waals surface area contributed by atoms with Gasteiger partial charge in [0, 0.05) is 18.5 Å². The molecule has 2 N–H and O–H groups in total. The van der Waals surface area contributed by atoms with Crippen LogP contribution in [0, 0.1) is 6.92 Å². The van der Waals surface area contributed by atoms with Crippen molar-refractivity contribution in [2.45, 2.75) is 13.3 Å². The van der Waals surface area contributed by atoms with Crippen molar-refractivity contribution in [1.82, 2.24) is 5.32 Å². The Hall–Kier alpha value is -1.06. The number of rotatable bonds is 5. The van der Waals surface area contributed by atoms with Crippen molar-refractivity contribution in [2.75, 3.05) is 27.2 Å². The molecule has 0 radical (unpaired) electrons. The van der Waals surface area contributed by atoms with E-state index in [4.69, 9.17) is 0 Å². The largest absolute Gasteiger partial charge is 1.00 e. The quantitative estimate of drug-likeness (QED) is 0.551. The van der Waals surface area contributed by atoms with Gasteiger partial charge in [0.2, 0.25) is 0 Å². The minimum Gasteiger partial charge on any atom is -1.00 e. The molecule has 0 aliphatic rings. The lowest BCUT2D eigenvalue weighted by Crippen LogP contribution is -3.05. The van der Waals surface area contributed by atoms with E-state index >= 15 is 0 Å². The SMILES string of the molecule is Cc1cccc(C(=O)NCCC[NH+](C)C)c1.[Cl-]. The van der Waals surface area contributed by atoms with Crippen molar-refractivity contribution in [3.63, 3.8) is 0 Å². The highest BCUT2D eigenvalue weighted by Crippen LogP contribution is 2.03. The predicted octanol–water partition coefficient (Wildman–Crippen LogP) is -2.74. The summed E-state index contributed by atoms with van der Waals surface area (Å²) in [5.74, 6) is 0.0254. The van der Waals surface area contributed by atoms with E-state index < -0.39 is 0 Å². The Bertz CT molecular complexity index is 353. The maximum atomic E-state index is 11.7. The Balaban J connectivity index is 0.00000256. The monoisotopic (exact) mass is 256 g/mol. The van der Waals surface area contributed by atoms with E-state index in [1.807, 2.05) is 31.2 Å². The summed E-state index contributed by atoms with van der Waals surface area (Å²) in [7, 11) is 4.23. The van der Waals surface area contributed by atoms with Gasteiger partial charge in [-0.3, -0.25) is 4.79 Å². The zero-order chi connectivity index (χ0) is 12.0. The zero-order valence-electron chi connectivity index (χ0n) is 10.7. The molecule has 1 rings (SSSR count). The lowest BCUT2D eigenvalue weighted by molar-refractivity contribution is -0.858. The zero-order valence-corrected chi connectivity index (χ0v) is 11.5. The molecule has 0 saturated carbocycles. The Morgan fingerprint density at radius 2 is 2.06 bits per heavy atom. The van der Waals surface area contributed by atoms with E-state index in [1.54, 1.807) is 0 Å². The molecule has 3 nitrogen and oxygen atoms in total. The van der Waals surface area contributed by atoms with E-state index in [0.29, 0.717) is 0 Å². The van der Waals surface area contributed by atoms with Crippen molar-refractivity contribution in [3.8, 4) is 0 Å². The van der Waals surface area contributed by atoms with Gasteiger partial charge in [-0.05, 0) is 19.1 Å². The first-order valence-corrected chi connectivity index (χ1v) is 5.73. The fourth-order valence-corrected chi connectivity index (χ4v) is 1.53. The van der Waals surface area contributed by atoms with Crippen LogP contribution in [0.2, 0.25) is 0 Å².